The number of hydrogen-bond donors (Lipinski definition) is 2. The molecule has 5 heteroatoms. The summed E-state index contributed by atoms with van der Waals surface area (Å²) in [6.45, 7) is 6.11. The Labute approximate surface area is 159 Å². The molecule has 1 atom stereocenters. The highest BCUT2D eigenvalue weighted by Crippen LogP contribution is 2.22. The molecule has 138 valence electrons. The zero-order valence-corrected chi connectivity index (χ0v) is 15.9. The van der Waals surface area contributed by atoms with Crippen LogP contribution in [0.2, 0.25) is 0 Å². The van der Waals surface area contributed by atoms with Gasteiger partial charge in [0.15, 0.2) is 0 Å². The van der Waals surface area contributed by atoms with Crippen molar-refractivity contribution in [2.24, 2.45) is 0 Å². The Balaban J connectivity index is 1.69. The van der Waals surface area contributed by atoms with Crippen LogP contribution < -0.4 is 10.6 Å². The van der Waals surface area contributed by atoms with Crippen molar-refractivity contribution < 1.29 is 4.79 Å². The van der Waals surface area contributed by atoms with Crippen molar-refractivity contribution in [3.63, 3.8) is 0 Å². The Morgan fingerprint density at radius 1 is 1.04 bits per heavy atom. The van der Waals surface area contributed by atoms with E-state index in [0.29, 0.717) is 11.5 Å². The quantitative estimate of drug-likeness (QED) is 0.664. The van der Waals surface area contributed by atoms with Crippen LogP contribution in [0.3, 0.4) is 0 Å². The van der Waals surface area contributed by atoms with Crippen molar-refractivity contribution in [1.29, 1.82) is 0 Å². The van der Waals surface area contributed by atoms with Gasteiger partial charge in [-0.2, -0.15) is 0 Å². The summed E-state index contributed by atoms with van der Waals surface area (Å²) >= 11 is 0. The van der Waals surface area contributed by atoms with Crippen LogP contribution in [-0.4, -0.2) is 15.9 Å². The number of aromatic nitrogens is 2. The van der Waals surface area contributed by atoms with Crippen molar-refractivity contribution in [2.45, 2.75) is 33.2 Å². The molecular formula is C22H24N4O. The molecule has 0 spiro atoms. The maximum atomic E-state index is 12.6. The lowest BCUT2D eigenvalue weighted by atomic mass is 10.1. The van der Waals surface area contributed by atoms with Gasteiger partial charge in [-0.3, -0.25) is 4.79 Å². The van der Waals surface area contributed by atoms with Crippen LogP contribution in [0.4, 0.5) is 11.5 Å². The molecule has 2 aromatic carbocycles. The molecule has 0 radical (unpaired) electrons. The van der Waals surface area contributed by atoms with E-state index in [4.69, 9.17) is 0 Å². The second-order valence-corrected chi connectivity index (χ2v) is 6.48. The maximum Gasteiger partial charge on any atom is 0.275 e. The van der Waals surface area contributed by atoms with Crippen molar-refractivity contribution >= 4 is 17.4 Å². The van der Waals surface area contributed by atoms with Crippen LogP contribution >= 0.6 is 0 Å². The van der Waals surface area contributed by atoms with Gasteiger partial charge in [-0.25, -0.2) is 9.97 Å². The van der Waals surface area contributed by atoms with E-state index in [1.54, 1.807) is 6.20 Å². The minimum Gasteiger partial charge on any atom is -0.362 e. The lowest BCUT2D eigenvalue weighted by Crippen LogP contribution is -2.16. The van der Waals surface area contributed by atoms with Gasteiger partial charge < -0.3 is 10.6 Å². The molecule has 0 saturated heterocycles. The number of anilines is 2. The summed E-state index contributed by atoms with van der Waals surface area (Å²) in [4.78, 5) is 21.2. The fraction of sp³-hybridized carbons (Fsp3) is 0.227. The summed E-state index contributed by atoms with van der Waals surface area (Å²) in [6, 6.07) is 16.2. The van der Waals surface area contributed by atoms with E-state index in [1.807, 2.05) is 43.3 Å². The van der Waals surface area contributed by atoms with E-state index in [1.165, 1.54) is 6.20 Å². The summed E-state index contributed by atoms with van der Waals surface area (Å²) in [6.07, 6.45) is 3.94. The third-order valence-corrected chi connectivity index (χ3v) is 4.53. The molecule has 2 N–H and O–H groups in total. The van der Waals surface area contributed by atoms with Gasteiger partial charge in [-0.05, 0) is 37.0 Å². The van der Waals surface area contributed by atoms with Crippen molar-refractivity contribution in [2.75, 3.05) is 10.6 Å². The second-order valence-electron chi connectivity index (χ2n) is 6.48. The molecular weight excluding hydrogens is 336 g/mol. The van der Waals surface area contributed by atoms with Crippen molar-refractivity contribution in [3.8, 4) is 0 Å². The van der Waals surface area contributed by atoms with Crippen LogP contribution in [-0.2, 0) is 6.42 Å². The number of hydrogen-bond acceptors (Lipinski definition) is 4. The fourth-order valence-electron chi connectivity index (χ4n) is 2.95. The molecule has 0 aliphatic heterocycles. The standard InChI is InChI=1S/C22H24N4O/c1-4-17-12-8-9-15(2)21(17)26-22(27)19-13-24-20(14-23-19)25-16(3)18-10-6-5-7-11-18/h5-14,16H,4H2,1-3H3,(H,24,25)(H,26,27). The second kappa shape index (κ2) is 8.45. The Morgan fingerprint density at radius 3 is 2.48 bits per heavy atom. The number of amides is 1. The first kappa shape index (κ1) is 18.6. The van der Waals surface area contributed by atoms with E-state index in [-0.39, 0.29) is 11.9 Å². The number of rotatable bonds is 6. The Morgan fingerprint density at radius 2 is 1.81 bits per heavy atom. The number of carbonyl (C=O) groups excluding carboxylic acids is 1. The third kappa shape index (κ3) is 4.50. The van der Waals surface area contributed by atoms with Crippen molar-refractivity contribution in [3.05, 3.63) is 83.3 Å². The first-order valence-electron chi connectivity index (χ1n) is 9.12. The largest absolute Gasteiger partial charge is 0.362 e. The molecule has 3 rings (SSSR count). The molecule has 0 aliphatic carbocycles. The van der Waals surface area contributed by atoms with E-state index in [9.17, 15) is 4.79 Å². The first-order valence-corrected chi connectivity index (χ1v) is 9.12. The number of aryl methyl sites for hydroxylation is 2. The van der Waals surface area contributed by atoms with Crippen molar-refractivity contribution in [1.82, 2.24) is 9.97 Å². The van der Waals surface area contributed by atoms with Gasteiger partial charge in [0.2, 0.25) is 0 Å². The van der Waals surface area contributed by atoms with Crippen LogP contribution in [0.1, 0.15) is 47.1 Å². The molecule has 0 bridgehead atoms. The highest BCUT2D eigenvalue weighted by atomic mass is 16.1. The summed E-state index contributed by atoms with van der Waals surface area (Å²) < 4.78 is 0. The van der Waals surface area contributed by atoms with Gasteiger partial charge in [-0.1, -0.05) is 55.5 Å². The van der Waals surface area contributed by atoms with Gasteiger partial charge in [0, 0.05) is 11.7 Å². The SMILES string of the molecule is CCc1cccc(C)c1NC(=O)c1cnc(NC(C)c2ccccc2)cn1. The zero-order chi connectivity index (χ0) is 19.2. The number of nitrogens with one attached hydrogen (secondary N) is 2. The molecule has 1 amide bonds. The Hall–Kier alpha value is -3.21. The smallest absolute Gasteiger partial charge is 0.275 e. The highest BCUT2D eigenvalue weighted by molar-refractivity contribution is 6.03. The van der Waals surface area contributed by atoms with Crippen LogP contribution in [0.5, 0.6) is 0 Å². The zero-order valence-electron chi connectivity index (χ0n) is 15.9. The van der Waals surface area contributed by atoms with E-state index in [2.05, 4.69) is 46.6 Å². The average Bonchev–Trinajstić information content (AvgIpc) is 2.70. The van der Waals surface area contributed by atoms with Crippen LogP contribution in [0, 0.1) is 6.92 Å². The van der Waals surface area contributed by atoms with E-state index < -0.39 is 0 Å². The lowest BCUT2D eigenvalue weighted by Gasteiger charge is -2.15. The number of benzene rings is 2. The van der Waals surface area contributed by atoms with Crippen LogP contribution in [0.15, 0.2) is 60.9 Å². The topological polar surface area (TPSA) is 66.9 Å². The molecule has 27 heavy (non-hydrogen) atoms. The molecule has 5 nitrogen and oxygen atoms in total. The molecule has 0 aliphatic rings. The predicted molar refractivity (Wildman–Crippen MR) is 109 cm³/mol. The number of para-hydroxylation sites is 1. The molecule has 3 aromatic rings. The molecule has 0 fully saturated rings. The van der Waals surface area contributed by atoms with Gasteiger partial charge >= 0.3 is 0 Å². The van der Waals surface area contributed by atoms with Gasteiger partial charge in [-0.15, -0.1) is 0 Å². The highest BCUT2D eigenvalue weighted by Gasteiger charge is 2.13. The molecule has 1 unspecified atom stereocenters. The van der Waals surface area contributed by atoms with Gasteiger partial charge in [0.05, 0.1) is 12.4 Å². The summed E-state index contributed by atoms with van der Waals surface area (Å²) in [5.74, 6) is 0.377. The third-order valence-electron chi connectivity index (χ3n) is 4.53. The normalized spacial score (nSPS) is 11.7. The minimum absolute atomic E-state index is 0.0965. The van der Waals surface area contributed by atoms with Crippen LogP contribution in [0.25, 0.3) is 0 Å². The number of carbonyl (C=O) groups is 1. The minimum atomic E-state index is -0.255. The molecule has 1 aromatic heterocycles. The van der Waals surface area contributed by atoms with Gasteiger partial charge in [0.25, 0.3) is 5.91 Å². The summed E-state index contributed by atoms with van der Waals surface area (Å²) in [7, 11) is 0. The average molecular weight is 360 g/mol. The molecule has 0 saturated carbocycles. The first-order chi connectivity index (χ1) is 13.1. The Kier molecular flexibility index (Phi) is 5.81. The lowest BCUT2D eigenvalue weighted by molar-refractivity contribution is 0.102. The van der Waals surface area contributed by atoms with Gasteiger partial charge in [0.1, 0.15) is 11.5 Å². The summed E-state index contributed by atoms with van der Waals surface area (Å²) in [5.41, 5.74) is 4.44. The summed E-state index contributed by atoms with van der Waals surface area (Å²) in [5, 5.41) is 6.27. The number of nitrogens with zero attached hydrogens (tertiary/aromatic N) is 2. The fourth-order valence-corrected chi connectivity index (χ4v) is 2.95. The predicted octanol–water partition coefficient (Wildman–Crippen LogP) is 4.77. The molecule has 1 heterocycles. The monoisotopic (exact) mass is 360 g/mol. The maximum absolute atomic E-state index is 12.6. The Bertz CT molecular complexity index is 907. The van der Waals surface area contributed by atoms with E-state index in [0.717, 1.165) is 28.8 Å². The van der Waals surface area contributed by atoms with E-state index >= 15 is 0 Å².